The number of carbonyl (C=O) groups excluding carboxylic acids is 1. The molecule has 0 unspecified atom stereocenters. The maximum Gasteiger partial charge on any atom is 0.264 e. The van der Waals surface area contributed by atoms with Crippen LogP contribution in [0.4, 0.5) is 5.69 Å². The SMILES string of the molecule is CCOc1ccc(N(CC(=O)N/N=C\c2cc(C)n(-c3cccc(Cl)c3)c2C)S(=O)(=O)c2ccccc2)cc1. The number of hydrogen-bond donors (Lipinski definition) is 1. The average Bonchev–Trinajstić information content (AvgIpc) is 3.21. The molecular formula is C29H29ClN4O4S. The van der Waals surface area contributed by atoms with Crippen molar-refractivity contribution in [3.8, 4) is 11.4 Å². The molecule has 0 aliphatic rings. The van der Waals surface area contributed by atoms with Gasteiger partial charge in [0.1, 0.15) is 12.3 Å². The molecule has 10 heteroatoms. The van der Waals surface area contributed by atoms with E-state index in [0.717, 1.165) is 26.9 Å². The highest BCUT2D eigenvalue weighted by Gasteiger charge is 2.27. The van der Waals surface area contributed by atoms with Crippen LogP contribution in [0, 0.1) is 13.8 Å². The van der Waals surface area contributed by atoms with Crippen LogP contribution in [0.1, 0.15) is 23.9 Å². The maximum absolute atomic E-state index is 13.5. The number of benzene rings is 3. The van der Waals surface area contributed by atoms with Gasteiger partial charge in [-0.3, -0.25) is 9.10 Å². The third-order valence-electron chi connectivity index (χ3n) is 5.98. The maximum atomic E-state index is 13.5. The van der Waals surface area contributed by atoms with Gasteiger partial charge in [-0.1, -0.05) is 35.9 Å². The number of amides is 1. The molecule has 0 saturated carbocycles. The van der Waals surface area contributed by atoms with E-state index in [1.165, 1.54) is 18.3 Å². The molecule has 1 N–H and O–H groups in total. The number of rotatable bonds is 10. The predicted octanol–water partition coefficient (Wildman–Crippen LogP) is 5.49. The summed E-state index contributed by atoms with van der Waals surface area (Å²) < 4.78 is 35.5. The first kappa shape index (κ1) is 27.9. The van der Waals surface area contributed by atoms with Gasteiger partial charge in [-0.05, 0) is 81.4 Å². The first-order valence-electron chi connectivity index (χ1n) is 12.3. The van der Waals surface area contributed by atoms with Gasteiger partial charge in [-0.25, -0.2) is 13.8 Å². The molecule has 1 amide bonds. The van der Waals surface area contributed by atoms with Crippen LogP contribution in [-0.2, 0) is 14.8 Å². The topological polar surface area (TPSA) is 93.0 Å². The summed E-state index contributed by atoms with van der Waals surface area (Å²) in [6.45, 7) is 5.78. The highest BCUT2D eigenvalue weighted by molar-refractivity contribution is 7.92. The van der Waals surface area contributed by atoms with E-state index in [4.69, 9.17) is 16.3 Å². The van der Waals surface area contributed by atoms with Crippen molar-refractivity contribution >= 4 is 39.4 Å². The quantitative estimate of drug-likeness (QED) is 0.203. The van der Waals surface area contributed by atoms with Crippen molar-refractivity contribution in [2.45, 2.75) is 25.7 Å². The number of hydrazone groups is 1. The summed E-state index contributed by atoms with van der Waals surface area (Å²) in [6, 6.07) is 24.0. The fourth-order valence-corrected chi connectivity index (χ4v) is 5.81. The molecule has 4 rings (SSSR count). The molecule has 0 atom stereocenters. The summed E-state index contributed by atoms with van der Waals surface area (Å²) in [7, 11) is -4.03. The lowest BCUT2D eigenvalue weighted by atomic mass is 10.2. The van der Waals surface area contributed by atoms with Crippen molar-refractivity contribution < 1.29 is 17.9 Å². The normalized spacial score (nSPS) is 11.5. The number of ether oxygens (including phenoxy) is 1. The lowest BCUT2D eigenvalue weighted by molar-refractivity contribution is -0.119. The Hall–Kier alpha value is -4.08. The summed E-state index contributed by atoms with van der Waals surface area (Å²) in [5, 5.41) is 4.73. The Morgan fingerprint density at radius 2 is 1.74 bits per heavy atom. The molecule has 3 aromatic carbocycles. The van der Waals surface area contributed by atoms with Crippen LogP contribution >= 0.6 is 11.6 Å². The monoisotopic (exact) mass is 564 g/mol. The Labute approximate surface area is 233 Å². The smallest absolute Gasteiger partial charge is 0.264 e. The Balaban J connectivity index is 1.54. The van der Waals surface area contributed by atoms with E-state index in [2.05, 4.69) is 10.5 Å². The van der Waals surface area contributed by atoms with Gasteiger partial charge >= 0.3 is 0 Å². The average molecular weight is 565 g/mol. The van der Waals surface area contributed by atoms with Crippen LogP contribution in [0.5, 0.6) is 5.75 Å². The van der Waals surface area contributed by atoms with Crippen LogP contribution in [0.3, 0.4) is 0 Å². The number of aryl methyl sites for hydroxylation is 1. The second kappa shape index (κ2) is 12.2. The Kier molecular flexibility index (Phi) is 8.73. The Bertz CT molecular complexity index is 1580. The second-order valence-corrected chi connectivity index (χ2v) is 11.0. The first-order valence-corrected chi connectivity index (χ1v) is 14.1. The minimum atomic E-state index is -4.03. The van der Waals surface area contributed by atoms with E-state index >= 15 is 0 Å². The highest BCUT2D eigenvalue weighted by atomic mass is 35.5. The third-order valence-corrected chi connectivity index (χ3v) is 8.01. The zero-order valence-corrected chi connectivity index (χ0v) is 23.4. The molecule has 0 bridgehead atoms. The van der Waals surface area contributed by atoms with Crippen molar-refractivity contribution in [1.29, 1.82) is 0 Å². The van der Waals surface area contributed by atoms with E-state index in [0.29, 0.717) is 23.1 Å². The summed E-state index contributed by atoms with van der Waals surface area (Å²) in [5.74, 6) is 0.00558. The Morgan fingerprint density at radius 1 is 1.03 bits per heavy atom. The number of halogens is 1. The van der Waals surface area contributed by atoms with Crippen molar-refractivity contribution in [2.24, 2.45) is 5.10 Å². The van der Waals surface area contributed by atoms with Crippen LogP contribution in [0.25, 0.3) is 5.69 Å². The van der Waals surface area contributed by atoms with Crippen LogP contribution in [0.2, 0.25) is 5.02 Å². The van der Waals surface area contributed by atoms with Crippen molar-refractivity contribution in [2.75, 3.05) is 17.5 Å². The zero-order valence-electron chi connectivity index (χ0n) is 21.8. The van der Waals surface area contributed by atoms with Crippen LogP contribution in [-0.4, -0.2) is 38.3 Å². The van der Waals surface area contributed by atoms with E-state index in [1.54, 1.807) is 42.5 Å². The number of sulfonamides is 1. The van der Waals surface area contributed by atoms with Gasteiger partial charge in [0.05, 0.1) is 23.4 Å². The van der Waals surface area contributed by atoms with Crippen LogP contribution < -0.4 is 14.5 Å². The standard InChI is InChI=1S/C29H29ClN4O4S/c1-4-38-27-15-13-25(14-16-27)33(39(36,37)28-11-6-5-7-12-28)20-29(35)32-31-19-23-17-21(2)34(22(23)3)26-10-8-9-24(30)18-26/h5-19H,4,20H2,1-3H3,(H,32,35)/b31-19-. The van der Waals surface area contributed by atoms with E-state index in [-0.39, 0.29) is 4.90 Å². The van der Waals surface area contributed by atoms with Gasteiger partial charge in [0.25, 0.3) is 15.9 Å². The van der Waals surface area contributed by atoms with E-state index < -0.39 is 22.5 Å². The molecule has 8 nitrogen and oxygen atoms in total. The summed E-state index contributed by atoms with van der Waals surface area (Å²) in [5.41, 5.74) is 6.38. The molecule has 0 aliphatic heterocycles. The first-order chi connectivity index (χ1) is 18.7. The fourth-order valence-electron chi connectivity index (χ4n) is 4.18. The minimum Gasteiger partial charge on any atom is -0.494 e. The molecule has 0 spiro atoms. The molecule has 39 heavy (non-hydrogen) atoms. The molecule has 4 aromatic rings. The van der Waals surface area contributed by atoms with Gasteiger partial charge in [0.15, 0.2) is 0 Å². The van der Waals surface area contributed by atoms with Gasteiger partial charge in [-0.2, -0.15) is 5.10 Å². The predicted molar refractivity (Wildman–Crippen MR) is 155 cm³/mol. The van der Waals surface area contributed by atoms with Gasteiger partial charge in [0, 0.05) is 27.7 Å². The Morgan fingerprint density at radius 3 is 2.41 bits per heavy atom. The van der Waals surface area contributed by atoms with Gasteiger partial charge in [0.2, 0.25) is 0 Å². The number of anilines is 1. The number of carbonyl (C=O) groups is 1. The molecule has 0 fully saturated rings. The molecule has 1 heterocycles. The highest BCUT2D eigenvalue weighted by Crippen LogP contribution is 2.26. The lowest BCUT2D eigenvalue weighted by Gasteiger charge is -2.24. The number of nitrogens with one attached hydrogen (secondary N) is 1. The van der Waals surface area contributed by atoms with Crippen LogP contribution in [0.15, 0.2) is 94.9 Å². The molecule has 1 aromatic heterocycles. The summed E-state index contributed by atoms with van der Waals surface area (Å²) in [4.78, 5) is 13.0. The van der Waals surface area contributed by atoms with Gasteiger partial charge in [-0.15, -0.1) is 0 Å². The fraction of sp³-hybridized carbons (Fsp3) is 0.172. The van der Waals surface area contributed by atoms with E-state index in [1.807, 2.05) is 55.7 Å². The number of nitrogens with zero attached hydrogens (tertiary/aromatic N) is 3. The molecule has 0 aliphatic carbocycles. The van der Waals surface area contributed by atoms with Crippen molar-refractivity contribution in [3.05, 3.63) is 107 Å². The number of aromatic nitrogens is 1. The zero-order chi connectivity index (χ0) is 28.0. The van der Waals surface area contributed by atoms with Crippen molar-refractivity contribution in [3.63, 3.8) is 0 Å². The second-order valence-electron chi connectivity index (χ2n) is 8.69. The minimum absolute atomic E-state index is 0.0728. The summed E-state index contributed by atoms with van der Waals surface area (Å²) >= 11 is 6.16. The molecular weight excluding hydrogens is 536 g/mol. The lowest BCUT2D eigenvalue weighted by Crippen LogP contribution is -2.39. The number of hydrogen-bond acceptors (Lipinski definition) is 5. The molecule has 202 valence electrons. The third kappa shape index (κ3) is 6.50. The largest absolute Gasteiger partial charge is 0.494 e. The van der Waals surface area contributed by atoms with E-state index in [9.17, 15) is 13.2 Å². The van der Waals surface area contributed by atoms with Crippen molar-refractivity contribution in [1.82, 2.24) is 9.99 Å². The van der Waals surface area contributed by atoms with Gasteiger partial charge < -0.3 is 9.30 Å². The summed E-state index contributed by atoms with van der Waals surface area (Å²) in [6.07, 6.45) is 1.54. The molecule has 0 radical (unpaired) electrons. The molecule has 0 saturated heterocycles.